The third-order valence-electron chi connectivity index (χ3n) is 4.97. The number of fused-ring (bicyclic) bond motifs is 1. The van der Waals surface area contributed by atoms with Crippen LogP contribution in [-0.2, 0) is 0 Å². The molecule has 1 atom stereocenters. The number of hydrogen-bond donors (Lipinski definition) is 0. The number of rotatable bonds is 3. The highest BCUT2D eigenvalue weighted by Crippen LogP contribution is 2.39. The summed E-state index contributed by atoms with van der Waals surface area (Å²) in [6.07, 6.45) is 5.40. The monoisotopic (exact) mass is 326 g/mol. The molecule has 1 saturated heterocycles. The van der Waals surface area contributed by atoms with Crippen molar-refractivity contribution in [2.24, 2.45) is 0 Å². The van der Waals surface area contributed by atoms with Crippen molar-refractivity contribution < 1.29 is 14.3 Å². The van der Waals surface area contributed by atoms with Crippen molar-refractivity contribution in [3.05, 3.63) is 35.7 Å². The van der Waals surface area contributed by atoms with Crippen molar-refractivity contribution in [2.75, 3.05) is 19.9 Å². The van der Waals surface area contributed by atoms with Crippen LogP contribution < -0.4 is 9.47 Å². The van der Waals surface area contributed by atoms with Gasteiger partial charge < -0.3 is 14.4 Å². The Morgan fingerprint density at radius 2 is 2.04 bits per heavy atom. The summed E-state index contributed by atoms with van der Waals surface area (Å²) in [7, 11) is 0. The molecule has 2 aliphatic heterocycles. The van der Waals surface area contributed by atoms with Gasteiger partial charge in [0.1, 0.15) is 0 Å². The summed E-state index contributed by atoms with van der Waals surface area (Å²) in [6, 6.07) is 5.56. The van der Waals surface area contributed by atoms with Gasteiger partial charge in [0.05, 0.1) is 11.7 Å². The smallest absolute Gasteiger partial charge is 0.254 e. The predicted molar refractivity (Wildman–Crippen MR) is 84.1 cm³/mol. The van der Waals surface area contributed by atoms with Crippen LogP contribution in [0.4, 0.5) is 0 Å². The average Bonchev–Trinajstić information content (AvgIpc) is 3.06. The first-order valence-corrected chi connectivity index (χ1v) is 8.38. The summed E-state index contributed by atoms with van der Waals surface area (Å²) in [5, 5.41) is 8.53. The third kappa shape index (κ3) is 2.31. The molecule has 7 heteroatoms. The zero-order chi connectivity index (χ0) is 16.1. The Balaban J connectivity index is 1.30. The molecule has 1 aliphatic carbocycles. The van der Waals surface area contributed by atoms with E-state index in [1.807, 2.05) is 9.58 Å². The van der Waals surface area contributed by atoms with Crippen LogP contribution in [0.1, 0.15) is 47.3 Å². The van der Waals surface area contributed by atoms with E-state index in [2.05, 4.69) is 16.5 Å². The van der Waals surface area contributed by atoms with Crippen molar-refractivity contribution >= 4 is 5.91 Å². The van der Waals surface area contributed by atoms with Gasteiger partial charge in [-0.15, -0.1) is 5.10 Å². The highest BCUT2D eigenvalue weighted by molar-refractivity contribution is 5.95. The molecule has 1 aromatic carbocycles. The first-order chi connectivity index (χ1) is 11.8. The van der Waals surface area contributed by atoms with E-state index >= 15 is 0 Å². The number of carbonyl (C=O) groups excluding carboxylic acids is 1. The van der Waals surface area contributed by atoms with E-state index < -0.39 is 0 Å². The number of likely N-dealkylation sites (tertiary alicyclic amines) is 1. The van der Waals surface area contributed by atoms with Gasteiger partial charge in [0.15, 0.2) is 11.5 Å². The lowest BCUT2D eigenvalue weighted by molar-refractivity contribution is 0.0786. The fourth-order valence-electron chi connectivity index (χ4n) is 3.39. The molecule has 2 aromatic rings. The van der Waals surface area contributed by atoms with Crippen LogP contribution in [-0.4, -0.2) is 45.7 Å². The van der Waals surface area contributed by atoms with Gasteiger partial charge in [-0.3, -0.25) is 4.79 Å². The Morgan fingerprint density at radius 1 is 1.17 bits per heavy atom. The number of aromatic nitrogens is 3. The number of carbonyl (C=O) groups is 1. The Kier molecular flexibility index (Phi) is 3.01. The van der Waals surface area contributed by atoms with Crippen molar-refractivity contribution in [2.45, 2.75) is 31.2 Å². The molecule has 1 saturated carbocycles. The van der Waals surface area contributed by atoms with Crippen LogP contribution in [0.5, 0.6) is 11.5 Å². The lowest BCUT2D eigenvalue weighted by Crippen LogP contribution is -2.29. The SMILES string of the molecule is O=C(c1ccc2c(c1)OCO2)N1CCC(n2cc(C3CC3)nn2)C1. The molecule has 1 amide bonds. The molecular weight excluding hydrogens is 308 g/mol. The summed E-state index contributed by atoms with van der Waals surface area (Å²) < 4.78 is 12.6. The minimum atomic E-state index is 0.0262. The fraction of sp³-hybridized carbons (Fsp3) is 0.471. The van der Waals surface area contributed by atoms with Crippen LogP contribution in [0.3, 0.4) is 0 Å². The Morgan fingerprint density at radius 3 is 2.92 bits per heavy atom. The molecule has 3 aliphatic rings. The largest absolute Gasteiger partial charge is 0.454 e. The zero-order valence-corrected chi connectivity index (χ0v) is 13.2. The maximum absolute atomic E-state index is 12.7. The van der Waals surface area contributed by atoms with Crippen molar-refractivity contribution in [3.63, 3.8) is 0 Å². The summed E-state index contributed by atoms with van der Waals surface area (Å²) in [4.78, 5) is 14.6. The van der Waals surface area contributed by atoms with Crippen molar-refractivity contribution in [1.29, 1.82) is 0 Å². The van der Waals surface area contributed by atoms with Gasteiger partial charge in [0.2, 0.25) is 6.79 Å². The molecule has 0 N–H and O–H groups in total. The molecule has 5 rings (SSSR count). The normalized spacial score (nSPS) is 22.2. The van der Waals surface area contributed by atoms with Gasteiger partial charge in [-0.1, -0.05) is 5.21 Å². The lowest BCUT2D eigenvalue weighted by atomic mass is 10.2. The molecule has 0 spiro atoms. The first kappa shape index (κ1) is 13.8. The minimum Gasteiger partial charge on any atom is -0.454 e. The second-order valence-electron chi connectivity index (χ2n) is 6.66. The fourth-order valence-corrected chi connectivity index (χ4v) is 3.39. The van der Waals surface area contributed by atoms with E-state index in [1.165, 1.54) is 12.8 Å². The molecule has 7 nitrogen and oxygen atoms in total. The van der Waals surface area contributed by atoms with E-state index in [-0.39, 0.29) is 18.7 Å². The van der Waals surface area contributed by atoms with Crippen molar-refractivity contribution in [3.8, 4) is 11.5 Å². The van der Waals surface area contributed by atoms with Crippen LogP contribution >= 0.6 is 0 Å². The van der Waals surface area contributed by atoms with Crippen LogP contribution in [0.15, 0.2) is 24.4 Å². The highest BCUT2D eigenvalue weighted by atomic mass is 16.7. The van der Waals surface area contributed by atoms with Gasteiger partial charge in [-0.2, -0.15) is 0 Å². The van der Waals surface area contributed by atoms with Gasteiger partial charge >= 0.3 is 0 Å². The van der Waals surface area contributed by atoms with E-state index in [1.54, 1.807) is 18.2 Å². The lowest BCUT2D eigenvalue weighted by Gasteiger charge is -2.16. The molecular formula is C17H18N4O3. The van der Waals surface area contributed by atoms with Gasteiger partial charge in [-0.25, -0.2) is 4.68 Å². The summed E-state index contributed by atoms with van der Waals surface area (Å²) in [5.41, 5.74) is 1.73. The van der Waals surface area contributed by atoms with E-state index in [0.717, 1.165) is 18.7 Å². The first-order valence-electron chi connectivity index (χ1n) is 8.38. The number of hydrogen-bond acceptors (Lipinski definition) is 5. The van der Waals surface area contributed by atoms with Gasteiger partial charge in [-0.05, 0) is 37.5 Å². The van der Waals surface area contributed by atoms with Crippen LogP contribution in [0.25, 0.3) is 0 Å². The number of amides is 1. The zero-order valence-electron chi connectivity index (χ0n) is 13.2. The second-order valence-corrected chi connectivity index (χ2v) is 6.66. The van der Waals surface area contributed by atoms with Gasteiger partial charge in [0, 0.05) is 30.8 Å². The highest BCUT2D eigenvalue weighted by Gasteiger charge is 2.32. The van der Waals surface area contributed by atoms with E-state index in [9.17, 15) is 4.79 Å². The Hall–Kier alpha value is -2.57. The Bertz CT molecular complexity index is 799. The minimum absolute atomic E-state index is 0.0262. The maximum Gasteiger partial charge on any atom is 0.254 e. The second kappa shape index (κ2) is 5.22. The number of nitrogens with zero attached hydrogens (tertiary/aromatic N) is 4. The maximum atomic E-state index is 12.7. The Labute approximate surface area is 139 Å². The standard InChI is InChI=1S/C17H18N4O3/c22-17(12-3-4-15-16(7-12)24-10-23-15)20-6-5-13(8-20)21-9-14(18-19-21)11-1-2-11/h3-4,7,9,11,13H,1-2,5-6,8,10H2. The average molecular weight is 326 g/mol. The summed E-state index contributed by atoms with van der Waals surface area (Å²) >= 11 is 0. The van der Waals surface area contributed by atoms with Crippen molar-refractivity contribution in [1.82, 2.24) is 19.9 Å². The van der Waals surface area contributed by atoms with E-state index in [4.69, 9.17) is 9.47 Å². The number of benzene rings is 1. The van der Waals surface area contributed by atoms with Crippen LogP contribution in [0, 0.1) is 0 Å². The molecule has 124 valence electrons. The number of ether oxygens (including phenoxy) is 2. The molecule has 0 radical (unpaired) electrons. The molecule has 3 heterocycles. The molecule has 0 bridgehead atoms. The molecule has 1 unspecified atom stereocenters. The predicted octanol–water partition coefficient (Wildman–Crippen LogP) is 1.97. The molecule has 2 fully saturated rings. The summed E-state index contributed by atoms with van der Waals surface area (Å²) in [6.45, 7) is 1.62. The quantitative estimate of drug-likeness (QED) is 0.862. The molecule has 1 aromatic heterocycles. The topological polar surface area (TPSA) is 69.5 Å². The van der Waals surface area contributed by atoms with Crippen LogP contribution in [0.2, 0.25) is 0 Å². The van der Waals surface area contributed by atoms with Gasteiger partial charge in [0.25, 0.3) is 5.91 Å². The summed E-state index contributed by atoms with van der Waals surface area (Å²) in [5.74, 6) is 1.97. The molecule has 24 heavy (non-hydrogen) atoms. The third-order valence-corrected chi connectivity index (χ3v) is 4.97. The van der Waals surface area contributed by atoms with E-state index in [0.29, 0.717) is 29.5 Å².